The molecule has 110 valence electrons. The van der Waals surface area contributed by atoms with Gasteiger partial charge < -0.3 is 10.4 Å². The SMILES string of the molecule is O=C(Nc1ccc(O)cc1)c1cc(Br)ccc1-n1cnnn1. The Morgan fingerprint density at radius 3 is 2.64 bits per heavy atom. The third-order valence-corrected chi connectivity index (χ3v) is 3.42. The van der Waals surface area contributed by atoms with E-state index in [4.69, 9.17) is 0 Å². The number of amides is 1. The van der Waals surface area contributed by atoms with E-state index in [1.54, 1.807) is 30.3 Å². The molecule has 0 aliphatic rings. The van der Waals surface area contributed by atoms with Crippen LogP contribution in [-0.4, -0.2) is 31.2 Å². The van der Waals surface area contributed by atoms with Crippen LogP contribution in [0.5, 0.6) is 5.75 Å². The molecule has 22 heavy (non-hydrogen) atoms. The van der Waals surface area contributed by atoms with E-state index in [9.17, 15) is 9.90 Å². The van der Waals surface area contributed by atoms with E-state index in [1.165, 1.54) is 23.1 Å². The highest BCUT2D eigenvalue weighted by molar-refractivity contribution is 9.10. The lowest BCUT2D eigenvalue weighted by Gasteiger charge is -2.10. The minimum Gasteiger partial charge on any atom is -0.508 e. The molecular formula is C14H10BrN5O2. The Balaban J connectivity index is 1.94. The van der Waals surface area contributed by atoms with Crippen LogP contribution in [0.2, 0.25) is 0 Å². The van der Waals surface area contributed by atoms with Crippen LogP contribution in [0, 0.1) is 0 Å². The molecule has 0 bridgehead atoms. The second-order valence-corrected chi connectivity index (χ2v) is 5.33. The largest absolute Gasteiger partial charge is 0.508 e. The van der Waals surface area contributed by atoms with E-state index in [-0.39, 0.29) is 11.7 Å². The number of phenols is 1. The Kier molecular flexibility index (Phi) is 3.84. The van der Waals surface area contributed by atoms with Gasteiger partial charge in [-0.05, 0) is 52.9 Å². The van der Waals surface area contributed by atoms with Crippen LogP contribution in [-0.2, 0) is 0 Å². The molecule has 0 spiro atoms. The number of aromatic hydroxyl groups is 1. The van der Waals surface area contributed by atoms with E-state index >= 15 is 0 Å². The van der Waals surface area contributed by atoms with Gasteiger partial charge in [-0.15, -0.1) is 5.10 Å². The topological polar surface area (TPSA) is 92.9 Å². The molecule has 0 fully saturated rings. The Bertz CT molecular complexity index is 803. The van der Waals surface area contributed by atoms with Crippen molar-refractivity contribution in [3.05, 3.63) is 58.8 Å². The number of hydrogen-bond acceptors (Lipinski definition) is 5. The molecular weight excluding hydrogens is 350 g/mol. The second-order valence-electron chi connectivity index (χ2n) is 4.42. The van der Waals surface area contributed by atoms with Crippen molar-refractivity contribution in [2.75, 3.05) is 5.32 Å². The Labute approximate surface area is 133 Å². The molecule has 0 aliphatic heterocycles. The maximum absolute atomic E-state index is 12.5. The van der Waals surface area contributed by atoms with Crippen molar-refractivity contribution in [1.29, 1.82) is 0 Å². The van der Waals surface area contributed by atoms with Crippen molar-refractivity contribution in [2.24, 2.45) is 0 Å². The summed E-state index contributed by atoms with van der Waals surface area (Å²) in [5, 5.41) is 23.0. The molecule has 3 rings (SSSR count). The quantitative estimate of drug-likeness (QED) is 0.700. The molecule has 7 nitrogen and oxygen atoms in total. The van der Waals surface area contributed by atoms with Gasteiger partial charge >= 0.3 is 0 Å². The van der Waals surface area contributed by atoms with Crippen molar-refractivity contribution >= 4 is 27.5 Å². The number of carbonyl (C=O) groups excluding carboxylic acids is 1. The summed E-state index contributed by atoms with van der Waals surface area (Å²) in [5.41, 5.74) is 1.55. The van der Waals surface area contributed by atoms with Crippen molar-refractivity contribution in [2.45, 2.75) is 0 Å². The summed E-state index contributed by atoms with van der Waals surface area (Å²) >= 11 is 3.35. The summed E-state index contributed by atoms with van der Waals surface area (Å²) in [5.74, 6) is -0.174. The van der Waals surface area contributed by atoms with Crippen LogP contribution < -0.4 is 5.32 Å². The van der Waals surface area contributed by atoms with Gasteiger partial charge in [0.15, 0.2) is 0 Å². The van der Waals surface area contributed by atoms with Gasteiger partial charge in [0.05, 0.1) is 11.3 Å². The van der Waals surface area contributed by atoms with Gasteiger partial charge in [-0.2, -0.15) is 4.68 Å². The number of tetrazole rings is 1. The number of rotatable bonds is 3. The first kappa shape index (κ1) is 14.2. The maximum atomic E-state index is 12.5. The van der Waals surface area contributed by atoms with E-state index in [2.05, 4.69) is 36.8 Å². The fraction of sp³-hybridized carbons (Fsp3) is 0. The number of anilines is 1. The number of hydrogen-bond donors (Lipinski definition) is 2. The maximum Gasteiger partial charge on any atom is 0.257 e. The molecule has 1 amide bonds. The molecule has 1 heterocycles. The lowest BCUT2D eigenvalue weighted by atomic mass is 10.1. The summed E-state index contributed by atoms with van der Waals surface area (Å²) in [6.07, 6.45) is 1.42. The molecule has 0 saturated heterocycles. The highest BCUT2D eigenvalue weighted by Gasteiger charge is 2.14. The fourth-order valence-electron chi connectivity index (χ4n) is 1.90. The van der Waals surface area contributed by atoms with Gasteiger partial charge in [-0.3, -0.25) is 4.79 Å². The average Bonchev–Trinajstić information content (AvgIpc) is 3.03. The minimum absolute atomic E-state index is 0.134. The van der Waals surface area contributed by atoms with Crippen LogP contribution in [0.3, 0.4) is 0 Å². The van der Waals surface area contributed by atoms with Crippen LogP contribution >= 0.6 is 15.9 Å². The summed E-state index contributed by atoms with van der Waals surface area (Å²) in [6.45, 7) is 0. The lowest BCUT2D eigenvalue weighted by molar-refractivity contribution is 0.102. The summed E-state index contributed by atoms with van der Waals surface area (Å²) in [4.78, 5) is 12.5. The Morgan fingerprint density at radius 1 is 1.18 bits per heavy atom. The van der Waals surface area contributed by atoms with Crippen LogP contribution in [0.25, 0.3) is 5.69 Å². The molecule has 1 aromatic heterocycles. The Hall–Kier alpha value is -2.74. The zero-order chi connectivity index (χ0) is 15.5. The number of carbonyl (C=O) groups is 1. The van der Waals surface area contributed by atoms with Gasteiger partial charge in [0.2, 0.25) is 0 Å². The zero-order valence-corrected chi connectivity index (χ0v) is 12.7. The second kappa shape index (κ2) is 5.94. The number of halogens is 1. The van der Waals surface area contributed by atoms with E-state index in [1.807, 2.05) is 0 Å². The van der Waals surface area contributed by atoms with Crippen molar-refractivity contribution in [3.8, 4) is 11.4 Å². The first-order valence-corrected chi connectivity index (χ1v) is 7.06. The third-order valence-electron chi connectivity index (χ3n) is 2.92. The van der Waals surface area contributed by atoms with Gasteiger partial charge in [0, 0.05) is 10.2 Å². The minimum atomic E-state index is -0.308. The molecule has 0 radical (unpaired) electrons. The van der Waals surface area contributed by atoms with E-state index in [0.29, 0.717) is 16.9 Å². The predicted octanol–water partition coefficient (Wildman–Crippen LogP) is 2.38. The van der Waals surface area contributed by atoms with Crippen molar-refractivity contribution in [3.63, 3.8) is 0 Å². The van der Waals surface area contributed by atoms with Gasteiger partial charge in [-0.1, -0.05) is 15.9 Å². The first-order chi connectivity index (χ1) is 10.6. The number of nitrogens with zero attached hydrogens (tertiary/aromatic N) is 4. The predicted molar refractivity (Wildman–Crippen MR) is 82.9 cm³/mol. The third kappa shape index (κ3) is 2.96. The fourth-order valence-corrected chi connectivity index (χ4v) is 2.27. The number of phenolic OH excluding ortho intramolecular Hbond substituents is 1. The molecule has 0 unspecified atom stereocenters. The monoisotopic (exact) mass is 359 g/mol. The highest BCUT2D eigenvalue weighted by Crippen LogP contribution is 2.21. The van der Waals surface area contributed by atoms with Gasteiger partial charge in [0.25, 0.3) is 5.91 Å². The van der Waals surface area contributed by atoms with Gasteiger partial charge in [0.1, 0.15) is 12.1 Å². The smallest absolute Gasteiger partial charge is 0.257 e. The highest BCUT2D eigenvalue weighted by atomic mass is 79.9. The molecule has 8 heteroatoms. The standard InChI is InChI=1S/C14H10BrN5O2/c15-9-1-6-13(20-8-16-18-19-20)12(7-9)14(22)17-10-2-4-11(21)5-3-10/h1-8,21H,(H,17,22). The number of nitrogens with one attached hydrogen (secondary N) is 1. The molecule has 3 aromatic rings. The number of benzene rings is 2. The van der Waals surface area contributed by atoms with E-state index in [0.717, 1.165) is 4.47 Å². The molecule has 0 aliphatic carbocycles. The number of aromatic nitrogens is 4. The normalized spacial score (nSPS) is 10.4. The van der Waals surface area contributed by atoms with Crippen LogP contribution in [0.1, 0.15) is 10.4 Å². The molecule has 0 atom stereocenters. The lowest BCUT2D eigenvalue weighted by Crippen LogP contribution is -2.15. The summed E-state index contributed by atoms with van der Waals surface area (Å²) < 4.78 is 2.18. The average molecular weight is 360 g/mol. The van der Waals surface area contributed by atoms with Crippen molar-refractivity contribution in [1.82, 2.24) is 20.2 Å². The van der Waals surface area contributed by atoms with Crippen molar-refractivity contribution < 1.29 is 9.90 Å². The summed E-state index contributed by atoms with van der Waals surface area (Å²) in [6, 6.07) is 11.5. The molecule has 2 N–H and O–H groups in total. The van der Waals surface area contributed by atoms with E-state index < -0.39 is 0 Å². The van der Waals surface area contributed by atoms with Crippen LogP contribution in [0.15, 0.2) is 53.3 Å². The first-order valence-electron chi connectivity index (χ1n) is 6.27. The molecule has 0 saturated carbocycles. The van der Waals surface area contributed by atoms with Gasteiger partial charge in [-0.25, -0.2) is 0 Å². The molecule has 2 aromatic carbocycles. The summed E-state index contributed by atoms with van der Waals surface area (Å²) in [7, 11) is 0. The zero-order valence-electron chi connectivity index (χ0n) is 11.1. The Morgan fingerprint density at radius 2 is 1.95 bits per heavy atom. The van der Waals surface area contributed by atoms with Crippen LogP contribution in [0.4, 0.5) is 5.69 Å².